The van der Waals surface area contributed by atoms with Gasteiger partial charge in [0.05, 0.1) is 5.56 Å². The Balaban J connectivity index is 3.08. The van der Waals surface area contributed by atoms with Crippen LogP contribution in [-0.4, -0.2) is 11.1 Å². The maximum atomic E-state index is 10.7. The fourth-order valence-corrected chi connectivity index (χ4v) is 1.69. The first kappa shape index (κ1) is 10.7. The van der Waals surface area contributed by atoms with Crippen molar-refractivity contribution in [3.63, 3.8) is 0 Å². The van der Waals surface area contributed by atoms with Crippen molar-refractivity contribution in [1.29, 1.82) is 0 Å². The summed E-state index contributed by atoms with van der Waals surface area (Å²) in [7, 11) is 0. The van der Waals surface area contributed by atoms with Crippen LogP contribution in [-0.2, 0) is 0 Å². The van der Waals surface area contributed by atoms with E-state index in [9.17, 15) is 4.79 Å². The number of nitrogen functional groups attached to an aromatic ring is 1. The van der Waals surface area contributed by atoms with E-state index in [1.807, 2.05) is 6.92 Å². The lowest BCUT2D eigenvalue weighted by Crippen LogP contribution is -1.98. The van der Waals surface area contributed by atoms with Crippen molar-refractivity contribution in [1.82, 2.24) is 0 Å². The Labute approximate surface area is 86.6 Å². The SMILES string of the molecule is C=C(C)Sc1cc(C(=O)O)ccc1N. The van der Waals surface area contributed by atoms with E-state index in [0.29, 0.717) is 5.69 Å². The van der Waals surface area contributed by atoms with Crippen LogP contribution in [0.25, 0.3) is 0 Å². The fraction of sp³-hybridized carbons (Fsp3) is 0.100. The first-order valence-corrected chi connectivity index (χ1v) is 4.78. The normalized spacial score (nSPS) is 9.79. The number of anilines is 1. The van der Waals surface area contributed by atoms with Crippen LogP contribution in [0.5, 0.6) is 0 Å². The molecule has 1 rings (SSSR count). The molecule has 0 saturated heterocycles. The smallest absolute Gasteiger partial charge is 0.335 e. The molecule has 4 heteroatoms. The molecule has 3 N–H and O–H groups in total. The Hall–Kier alpha value is -1.42. The Morgan fingerprint density at radius 2 is 2.21 bits per heavy atom. The first-order valence-electron chi connectivity index (χ1n) is 3.97. The highest BCUT2D eigenvalue weighted by molar-refractivity contribution is 8.03. The molecule has 3 nitrogen and oxygen atoms in total. The van der Waals surface area contributed by atoms with E-state index in [1.165, 1.54) is 17.8 Å². The number of nitrogens with two attached hydrogens (primary N) is 1. The zero-order chi connectivity index (χ0) is 10.7. The molecule has 74 valence electrons. The van der Waals surface area contributed by atoms with Crippen molar-refractivity contribution < 1.29 is 9.90 Å². The van der Waals surface area contributed by atoms with Crippen molar-refractivity contribution in [2.75, 3.05) is 5.73 Å². The molecule has 14 heavy (non-hydrogen) atoms. The molecule has 0 radical (unpaired) electrons. The summed E-state index contributed by atoms with van der Waals surface area (Å²) in [5.41, 5.74) is 6.49. The third kappa shape index (κ3) is 2.53. The zero-order valence-corrected chi connectivity index (χ0v) is 8.60. The summed E-state index contributed by atoms with van der Waals surface area (Å²) >= 11 is 1.37. The van der Waals surface area contributed by atoms with Gasteiger partial charge in [0.15, 0.2) is 0 Å². The highest BCUT2D eigenvalue weighted by Gasteiger charge is 2.06. The molecule has 0 aliphatic rings. The minimum atomic E-state index is -0.950. The summed E-state index contributed by atoms with van der Waals surface area (Å²) in [5.74, 6) is -0.950. The summed E-state index contributed by atoms with van der Waals surface area (Å²) in [6.07, 6.45) is 0. The van der Waals surface area contributed by atoms with Gasteiger partial charge in [-0.3, -0.25) is 0 Å². The number of hydrogen-bond donors (Lipinski definition) is 2. The van der Waals surface area contributed by atoms with E-state index in [4.69, 9.17) is 10.8 Å². The van der Waals surface area contributed by atoms with Crippen LogP contribution in [0, 0.1) is 0 Å². The number of rotatable bonds is 3. The van der Waals surface area contributed by atoms with Gasteiger partial charge in [0.2, 0.25) is 0 Å². The monoisotopic (exact) mass is 209 g/mol. The maximum Gasteiger partial charge on any atom is 0.335 e. The first-order chi connectivity index (χ1) is 6.50. The Morgan fingerprint density at radius 1 is 1.57 bits per heavy atom. The summed E-state index contributed by atoms with van der Waals surface area (Å²) < 4.78 is 0. The molecule has 0 heterocycles. The predicted molar refractivity (Wildman–Crippen MR) is 58.5 cm³/mol. The summed E-state index contributed by atoms with van der Waals surface area (Å²) in [6.45, 7) is 5.57. The highest BCUT2D eigenvalue weighted by Crippen LogP contribution is 2.30. The second kappa shape index (κ2) is 4.19. The van der Waals surface area contributed by atoms with Gasteiger partial charge < -0.3 is 10.8 Å². The van der Waals surface area contributed by atoms with Gasteiger partial charge in [0.25, 0.3) is 0 Å². The number of aromatic carboxylic acids is 1. The van der Waals surface area contributed by atoms with Gasteiger partial charge in [-0.25, -0.2) is 4.79 Å². The molecule has 0 aromatic heterocycles. The van der Waals surface area contributed by atoms with Crippen molar-refractivity contribution >= 4 is 23.4 Å². The zero-order valence-electron chi connectivity index (χ0n) is 7.78. The average molecular weight is 209 g/mol. The third-order valence-electron chi connectivity index (χ3n) is 1.54. The molecule has 0 saturated carbocycles. The lowest BCUT2D eigenvalue weighted by molar-refractivity contribution is 0.0696. The van der Waals surface area contributed by atoms with Crippen LogP contribution in [0.1, 0.15) is 17.3 Å². The minimum Gasteiger partial charge on any atom is -0.478 e. The van der Waals surface area contributed by atoms with Crippen LogP contribution >= 0.6 is 11.8 Å². The van der Waals surface area contributed by atoms with Gasteiger partial charge in [0, 0.05) is 10.6 Å². The molecule has 0 aliphatic heterocycles. The van der Waals surface area contributed by atoms with Gasteiger partial charge in [0.1, 0.15) is 0 Å². The van der Waals surface area contributed by atoms with Gasteiger partial charge in [-0.15, -0.1) is 0 Å². The van der Waals surface area contributed by atoms with Gasteiger partial charge in [-0.2, -0.15) is 0 Å². The summed E-state index contributed by atoms with van der Waals surface area (Å²) in [6, 6.07) is 4.63. The lowest BCUT2D eigenvalue weighted by Gasteiger charge is -2.05. The molecule has 0 amide bonds. The molecule has 1 aromatic rings. The number of thioether (sulfide) groups is 1. The standard InChI is InChI=1S/C10H11NO2S/c1-6(2)14-9-5-7(10(12)13)3-4-8(9)11/h3-5H,1,11H2,2H3,(H,12,13). The predicted octanol–water partition coefficient (Wildman–Crippen LogP) is 2.59. The third-order valence-corrected chi connectivity index (χ3v) is 2.47. The molecule has 1 aromatic carbocycles. The maximum absolute atomic E-state index is 10.7. The number of allylic oxidation sites excluding steroid dienone is 1. The van der Waals surface area contributed by atoms with Gasteiger partial charge in [-0.1, -0.05) is 18.3 Å². The van der Waals surface area contributed by atoms with E-state index < -0.39 is 5.97 Å². The Morgan fingerprint density at radius 3 is 2.71 bits per heavy atom. The molecule has 0 fully saturated rings. The number of carboxylic acid groups (broad SMARTS) is 1. The van der Waals surface area contributed by atoms with E-state index in [1.54, 1.807) is 12.1 Å². The van der Waals surface area contributed by atoms with Crippen LogP contribution in [0.15, 0.2) is 34.6 Å². The number of carbonyl (C=O) groups is 1. The topological polar surface area (TPSA) is 63.3 Å². The molecular formula is C10H11NO2S. The van der Waals surface area contributed by atoms with Crippen LogP contribution < -0.4 is 5.73 Å². The second-order valence-electron chi connectivity index (χ2n) is 2.86. The molecule has 0 aliphatic carbocycles. The van der Waals surface area contributed by atoms with E-state index in [2.05, 4.69) is 6.58 Å². The molecule has 0 bridgehead atoms. The van der Waals surface area contributed by atoms with E-state index in [0.717, 1.165) is 9.80 Å². The van der Waals surface area contributed by atoms with Crippen molar-refractivity contribution in [2.45, 2.75) is 11.8 Å². The van der Waals surface area contributed by atoms with E-state index >= 15 is 0 Å². The van der Waals surface area contributed by atoms with Crippen LogP contribution in [0.2, 0.25) is 0 Å². The quantitative estimate of drug-likeness (QED) is 0.593. The lowest BCUT2D eigenvalue weighted by atomic mass is 10.2. The van der Waals surface area contributed by atoms with Gasteiger partial charge >= 0.3 is 5.97 Å². The average Bonchev–Trinajstić information content (AvgIpc) is 2.07. The minimum absolute atomic E-state index is 0.239. The summed E-state index contributed by atoms with van der Waals surface area (Å²) in [5, 5.41) is 8.76. The van der Waals surface area contributed by atoms with Crippen molar-refractivity contribution in [3.05, 3.63) is 35.2 Å². The van der Waals surface area contributed by atoms with Crippen LogP contribution in [0.4, 0.5) is 5.69 Å². The van der Waals surface area contributed by atoms with Crippen molar-refractivity contribution in [2.24, 2.45) is 0 Å². The molecule has 0 unspecified atom stereocenters. The molecular weight excluding hydrogens is 198 g/mol. The summed E-state index contributed by atoms with van der Waals surface area (Å²) in [4.78, 5) is 12.3. The number of carboxylic acids is 1. The Kier molecular flexibility index (Phi) is 3.19. The Bertz CT molecular complexity index is 388. The number of benzene rings is 1. The van der Waals surface area contributed by atoms with Crippen LogP contribution in [0.3, 0.4) is 0 Å². The second-order valence-corrected chi connectivity index (χ2v) is 4.20. The van der Waals surface area contributed by atoms with Crippen molar-refractivity contribution in [3.8, 4) is 0 Å². The number of hydrogen-bond acceptors (Lipinski definition) is 3. The molecule has 0 spiro atoms. The fourth-order valence-electron chi connectivity index (χ4n) is 0.943. The van der Waals surface area contributed by atoms with E-state index in [-0.39, 0.29) is 5.56 Å². The van der Waals surface area contributed by atoms with Gasteiger partial charge in [-0.05, 0) is 30.0 Å². The highest BCUT2D eigenvalue weighted by atomic mass is 32.2. The largest absolute Gasteiger partial charge is 0.478 e. The molecule has 0 atom stereocenters.